The number of anilines is 1. The molecule has 0 aliphatic rings. The second kappa shape index (κ2) is 5.81. The summed E-state index contributed by atoms with van der Waals surface area (Å²) < 4.78 is 0. The molecular formula is C12H14N2O4. The van der Waals surface area contributed by atoms with E-state index in [0.717, 1.165) is 0 Å². The molecule has 0 fully saturated rings. The van der Waals surface area contributed by atoms with E-state index in [9.17, 15) is 14.4 Å². The number of hydrogen-bond acceptors (Lipinski definition) is 3. The zero-order chi connectivity index (χ0) is 13.7. The van der Waals surface area contributed by atoms with Crippen LogP contribution in [0.1, 0.15) is 16.8 Å². The molecule has 6 nitrogen and oxygen atoms in total. The second-order valence-electron chi connectivity index (χ2n) is 3.90. The minimum Gasteiger partial charge on any atom is -0.481 e. The summed E-state index contributed by atoms with van der Waals surface area (Å²) >= 11 is 0. The van der Waals surface area contributed by atoms with E-state index in [1.807, 2.05) is 0 Å². The van der Waals surface area contributed by atoms with Gasteiger partial charge in [0.2, 0.25) is 0 Å². The molecule has 0 atom stereocenters. The number of urea groups is 1. The van der Waals surface area contributed by atoms with Crippen molar-refractivity contribution in [3.63, 3.8) is 0 Å². The molecular weight excluding hydrogens is 236 g/mol. The van der Waals surface area contributed by atoms with Crippen LogP contribution in [0.15, 0.2) is 24.3 Å². The number of rotatable bonds is 4. The first-order valence-corrected chi connectivity index (χ1v) is 5.23. The fourth-order valence-corrected chi connectivity index (χ4v) is 1.21. The summed E-state index contributed by atoms with van der Waals surface area (Å²) in [6.45, 7) is 0. The van der Waals surface area contributed by atoms with Crippen LogP contribution in [0.4, 0.5) is 10.5 Å². The lowest BCUT2D eigenvalue weighted by Crippen LogP contribution is -2.27. The third-order valence-electron chi connectivity index (χ3n) is 2.18. The van der Waals surface area contributed by atoms with E-state index in [1.165, 1.54) is 17.0 Å². The molecule has 0 saturated heterocycles. The Morgan fingerprint density at radius 2 is 1.72 bits per heavy atom. The Labute approximate surface area is 104 Å². The lowest BCUT2D eigenvalue weighted by molar-refractivity contribution is -0.135. The number of nitrogens with one attached hydrogen (secondary N) is 1. The van der Waals surface area contributed by atoms with E-state index < -0.39 is 18.2 Å². The highest BCUT2D eigenvalue weighted by Gasteiger charge is 2.10. The third-order valence-corrected chi connectivity index (χ3v) is 2.18. The highest BCUT2D eigenvalue weighted by Crippen LogP contribution is 2.11. The number of Topliss-reactive ketones (excluding diaryl/α,β-unsaturated/α-hetero) is 1. The molecule has 1 rings (SSSR count). The van der Waals surface area contributed by atoms with E-state index in [-0.39, 0.29) is 6.03 Å². The molecule has 1 aromatic rings. The van der Waals surface area contributed by atoms with Gasteiger partial charge in [0.15, 0.2) is 5.78 Å². The maximum Gasteiger partial charge on any atom is 0.321 e. The highest BCUT2D eigenvalue weighted by molar-refractivity contribution is 6.05. The van der Waals surface area contributed by atoms with Gasteiger partial charge in [-0.05, 0) is 24.3 Å². The fraction of sp³-hybridized carbons (Fsp3) is 0.250. The molecule has 0 unspecified atom stereocenters. The van der Waals surface area contributed by atoms with Gasteiger partial charge in [0.25, 0.3) is 0 Å². The Morgan fingerprint density at radius 3 is 2.17 bits per heavy atom. The Kier molecular flexibility index (Phi) is 4.42. The van der Waals surface area contributed by atoms with Crippen LogP contribution < -0.4 is 5.32 Å². The minimum absolute atomic E-state index is 0.278. The monoisotopic (exact) mass is 250 g/mol. The van der Waals surface area contributed by atoms with Gasteiger partial charge < -0.3 is 15.3 Å². The first-order valence-electron chi connectivity index (χ1n) is 5.23. The molecule has 2 amide bonds. The van der Waals surface area contributed by atoms with Crippen LogP contribution >= 0.6 is 0 Å². The van der Waals surface area contributed by atoms with Crippen molar-refractivity contribution in [1.82, 2.24) is 4.90 Å². The number of ketones is 1. The maximum atomic E-state index is 11.4. The Balaban J connectivity index is 2.71. The van der Waals surface area contributed by atoms with Crippen molar-refractivity contribution < 1.29 is 19.5 Å². The summed E-state index contributed by atoms with van der Waals surface area (Å²) in [6, 6.07) is 5.79. The van der Waals surface area contributed by atoms with E-state index in [1.54, 1.807) is 26.2 Å². The molecule has 18 heavy (non-hydrogen) atoms. The highest BCUT2D eigenvalue weighted by atomic mass is 16.4. The normalized spacial score (nSPS) is 9.67. The molecule has 0 aromatic heterocycles. The van der Waals surface area contributed by atoms with Gasteiger partial charge in [-0.1, -0.05) is 0 Å². The summed E-state index contributed by atoms with van der Waals surface area (Å²) in [5, 5.41) is 11.1. The van der Waals surface area contributed by atoms with E-state index in [2.05, 4.69) is 5.32 Å². The van der Waals surface area contributed by atoms with Crippen molar-refractivity contribution in [3.8, 4) is 0 Å². The largest absolute Gasteiger partial charge is 0.481 e. The number of amides is 2. The van der Waals surface area contributed by atoms with Crippen molar-refractivity contribution in [1.29, 1.82) is 0 Å². The van der Waals surface area contributed by atoms with Crippen molar-refractivity contribution in [3.05, 3.63) is 29.8 Å². The number of carboxylic acid groups (broad SMARTS) is 1. The topological polar surface area (TPSA) is 86.7 Å². The predicted molar refractivity (Wildman–Crippen MR) is 65.7 cm³/mol. The van der Waals surface area contributed by atoms with Crippen LogP contribution in [0.3, 0.4) is 0 Å². The third kappa shape index (κ3) is 3.89. The Morgan fingerprint density at radius 1 is 1.17 bits per heavy atom. The van der Waals surface area contributed by atoms with Crippen molar-refractivity contribution in [2.75, 3.05) is 19.4 Å². The van der Waals surface area contributed by atoms with Crippen LogP contribution in [0, 0.1) is 0 Å². The molecule has 96 valence electrons. The number of nitrogens with zero attached hydrogens (tertiary/aromatic N) is 1. The van der Waals surface area contributed by atoms with Gasteiger partial charge in [0.1, 0.15) is 6.42 Å². The van der Waals surface area contributed by atoms with Crippen LogP contribution in [0.25, 0.3) is 0 Å². The number of carboxylic acids is 1. The minimum atomic E-state index is -1.16. The summed E-state index contributed by atoms with van der Waals surface area (Å²) in [5.74, 6) is -1.63. The number of aliphatic carboxylic acids is 1. The molecule has 0 aliphatic heterocycles. The molecule has 6 heteroatoms. The molecule has 0 aliphatic carbocycles. The average Bonchev–Trinajstić information content (AvgIpc) is 2.28. The maximum absolute atomic E-state index is 11.4. The Hall–Kier alpha value is -2.37. The average molecular weight is 250 g/mol. The van der Waals surface area contributed by atoms with Gasteiger partial charge >= 0.3 is 12.0 Å². The van der Waals surface area contributed by atoms with Gasteiger partial charge in [0, 0.05) is 25.3 Å². The van der Waals surface area contributed by atoms with E-state index in [4.69, 9.17) is 5.11 Å². The lowest BCUT2D eigenvalue weighted by atomic mass is 10.1. The molecule has 1 aromatic carbocycles. The van der Waals surface area contributed by atoms with Crippen molar-refractivity contribution in [2.24, 2.45) is 0 Å². The van der Waals surface area contributed by atoms with Gasteiger partial charge in [-0.15, -0.1) is 0 Å². The fourth-order valence-electron chi connectivity index (χ4n) is 1.21. The second-order valence-corrected chi connectivity index (χ2v) is 3.90. The standard InChI is InChI=1S/C12H14N2O4/c1-14(2)12(18)13-9-5-3-8(4-6-9)10(15)7-11(16)17/h3-6H,7H2,1-2H3,(H,13,18)(H,16,17). The van der Waals surface area contributed by atoms with E-state index >= 15 is 0 Å². The smallest absolute Gasteiger partial charge is 0.321 e. The summed E-state index contributed by atoms with van der Waals surface area (Å²) in [6.07, 6.45) is -0.538. The molecule has 0 saturated carbocycles. The predicted octanol–water partition coefficient (Wildman–Crippen LogP) is 1.44. The number of benzene rings is 1. The van der Waals surface area contributed by atoms with Gasteiger partial charge in [0.05, 0.1) is 0 Å². The molecule has 0 heterocycles. The van der Waals surface area contributed by atoms with Crippen LogP contribution in [-0.4, -0.2) is 41.9 Å². The number of carbonyl (C=O) groups excluding carboxylic acids is 2. The molecule has 2 N–H and O–H groups in total. The van der Waals surface area contributed by atoms with Crippen molar-refractivity contribution >= 4 is 23.5 Å². The van der Waals surface area contributed by atoms with Crippen LogP contribution in [0.2, 0.25) is 0 Å². The molecule has 0 spiro atoms. The zero-order valence-electron chi connectivity index (χ0n) is 10.1. The Bertz CT molecular complexity index is 465. The number of hydrogen-bond donors (Lipinski definition) is 2. The number of carbonyl (C=O) groups is 3. The summed E-state index contributed by atoms with van der Waals surface area (Å²) in [4.78, 5) is 34.5. The van der Waals surface area contributed by atoms with Gasteiger partial charge in [-0.3, -0.25) is 9.59 Å². The quantitative estimate of drug-likeness (QED) is 0.625. The van der Waals surface area contributed by atoms with Gasteiger partial charge in [-0.2, -0.15) is 0 Å². The van der Waals surface area contributed by atoms with E-state index in [0.29, 0.717) is 11.3 Å². The molecule has 0 bridgehead atoms. The first-order chi connectivity index (χ1) is 8.40. The molecule has 0 radical (unpaired) electrons. The van der Waals surface area contributed by atoms with Crippen LogP contribution in [0.5, 0.6) is 0 Å². The lowest BCUT2D eigenvalue weighted by Gasteiger charge is -2.11. The summed E-state index contributed by atoms with van der Waals surface area (Å²) in [7, 11) is 3.22. The SMILES string of the molecule is CN(C)C(=O)Nc1ccc(C(=O)CC(=O)O)cc1. The zero-order valence-corrected chi connectivity index (χ0v) is 10.1. The van der Waals surface area contributed by atoms with Gasteiger partial charge in [-0.25, -0.2) is 4.79 Å². The van der Waals surface area contributed by atoms with Crippen molar-refractivity contribution in [2.45, 2.75) is 6.42 Å². The summed E-state index contributed by atoms with van der Waals surface area (Å²) in [5.41, 5.74) is 0.848. The first kappa shape index (κ1) is 13.7. The van der Waals surface area contributed by atoms with Crippen LogP contribution in [-0.2, 0) is 4.79 Å².